The number of imidazole rings is 1. The van der Waals surface area contributed by atoms with Crippen LogP contribution in [-0.2, 0) is 26.6 Å². The Morgan fingerprint density at radius 3 is 2.88 bits per heavy atom. The van der Waals surface area contributed by atoms with Crippen LogP contribution in [0, 0.1) is 5.92 Å². The number of aromatic nitrogens is 2. The minimum Gasteiger partial charge on any atom is -0.380 e. The number of carbonyl (C=O) groups is 1. The van der Waals surface area contributed by atoms with Gasteiger partial charge in [0.25, 0.3) is 10.0 Å². The van der Waals surface area contributed by atoms with Crippen molar-refractivity contribution in [2.75, 3.05) is 26.3 Å². The Balaban J connectivity index is 1.93. The molecule has 134 valence electrons. The van der Waals surface area contributed by atoms with Gasteiger partial charge in [0, 0.05) is 39.0 Å². The first-order valence-corrected chi connectivity index (χ1v) is 9.79. The number of ether oxygens (including phenoxy) is 1. The lowest BCUT2D eigenvalue weighted by Gasteiger charge is -2.30. The van der Waals surface area contributed by atoms with Gasteiger partial charge in [0.05, 0.1) is 18.9 Å². The zero-order valence-electron chi connectivity index (χ0n) is 13.8. The van der Waals surface area contributed by atoms with E-state index in [-0.39, 0.29) is 22.9 Å². The van der Waals surface area contributed by atoms with E-state index in [1.807, 2.05) is 0 Å². The molecule has 0 spiro atoms. The van der Waals surface area contributed by atoms with E-state index in [4.69, 9.17) is 4.74 Å². The molecule has 2 unspecified atom stereocenters. The van der Waals surface area contributed by atoms with Crippen LogP contribution in [0.2, 0.25) is 0 Å². The van der Waals surface area contributed by atoms with E-state index in [0.717, 1.165) is 6.42 Å². The highest BCUT2D eigenvalue weighted by Crippen LogP contribution is 2.33. The number of fused-ring (bicyclic) bond motifs is 1. The van der Waals surface area contributed by atoms with Gasteiger partial charge in [-0.2, -0.15) is 4.31 Å². The molecule has 1 saturated heterocycles. The van der Waals surface area contributed by atoms with Gasteiger partial charge in [0.15, 0.2) is 5.03 Å². The number of hydrogen-bond acceptors (Lipinski definition) is 5. The van der Waals surface area contributed by atoms with Crippen LogP contribution in [0.4, 0.5) is 0 Å². The van der Waals surface area contributed by atoms with Gasteiger partial charge in [-0.1, -0.05) is 6.42 Å². The molecule has 9 heteroatoms. The summed E-state index contributed by atoms with van der Waals surface area (Å²) < 4.78 is 34.7. The van der Waals surface area contributed by atoms with Crippen molar-refractivity contribution in [3.05, 3.63) is 12.5 Å². The molecule has 3 rings (SSSR count). The number of rotatable bonds is 2. The Kier molecular flexibility index (Phi) is 5.21. The minimum atomic E-state index is -3.73. The highest BCUT2D eigenvalue weighted by Gasteiger charge is 2.42. The zero-order valence-corrected chi connectivity index (χ0v) is 14.7. The van der Waals surface area contributed by atoms with E-state index in [1.54, 1.807) is 11.6 Å². The third-order valence-electron chi connectivity index (χ3n) is 4.65. The first-order valence-electron chi connectivity index (χ1n) is 8.35. The number of hydrogen-bond donors (Lipinski definition) is 1. The summed E-state index contributed by atoms with van der Waals surface area (Å²) in [7, 11) is -2.00. The number of nitrogens with zero attached hydrogens (tertiary/aromatic N) is 3. The summed E-state index contributed by atoms with van der Waals surface area (Å²) >= 11 is 0. The predicted molar refractivity (Wildman–Crippen MR) is 86.7 cm³/mol. The van der Waals surface area contributed by atoms with Crippen molar-refractivity contribution in [1.29, 1.82) is 0 Å². The molecule has 1 aromatic heterocycles. The Bertz CT molecular complexity index is 687. The molecule has 0 radical (unpaired) electrons. The highest BCUT2D eigenvalue weighted by molar-refractivity contribution is 7.89. The van der Waals surface area contributed by atoms with E-state index in [9.17, 15) is 13.2 Å². The van der Waals surface area contributed by atoms with Crippen molar-refractivity contribution in [1.82, 2.24) is 19.2 Å². The van der Waals surface area contributed by atoms with Crippen molar-refractivity contribution in [2.45, 2.75) is 36.8 Å². The molecule has 2 atom stereocenters. The third kappa shape index (κ3) is 3.47. The summed E-state index contributed by atoms with van der Waals surface area (Å²) in [6, 6.07) is -0.310. The first kappa shape index (κ1) is 17.4. The number of carbonyl (C=O) groups excluding carboxylic acids is 1. The standard InChI is InChI=1S/C15H24N4O4S/c1-18-10-14(17-11-18)24(21,22)19-7-3-8-23-9-6-16-15(20)12-4-2-5-13(12)19/h10-13H,2-9H2,1H3,(H,16,20). The normalized spacial score (nSPS) is 27.3. The summed E-state index contributed by atoms with van der Waals surface area (Å²) in [5.74, 6) is -0.384. The maximum Gasteiger partial charge on any atom is 0.262 e. The molecule has 0 aromatic carbocycles. The second kappa shape index (κ2) is 7.20. The molecule has 0 bridgehead atoms. The average Bonchev–Trinajstić information content (AvgIpc) is 3.17. The number of nitrogens with one attached hydrogen (secondary N) is 1. The summed E-state index contributed by atoms with van der Waals surface area (Å²) in [6.45, 7) is 1.74. The van der Waals surface area contributed by atoms with Crippen molar-refractivity contribution in [2.24, 2.45) is 13.0 Å². The van der Waals surface area contributed by atoms with Gasteiger partial charge >= 0.3 is 0 Å². The van der Waals surface area contributed by atoms with E-state index >= 15 is 0 Å². The van der Waals surface area contributed by atoms with Gasteiger partial charge < -0.3 is 14.6 Å². The Labute approximate surface area is 142 Å². The minimum absolute atomic E-state index is 0.0341. The van der Waals surface area contributed by atoms with Gasteiger partial charge in [-0.3, -0.25) is 4.79 Å². The second-order valence-corrected chi connectivity index (χ2v) is 8.19. The van der Waals surface area contributed by atoms with E-state index in [1.165, 1.54) is 16.8 Å². The van der Waals surface area contributed by atoms with Gasteiger partial charge in [0.1, 0.15) is 0 Å². The van der Waals surface area contributed by atoms with E-state index < -0.39 is 10.0 Å². The van der Waals surface area contributed by atoms with Crippen LogP contribution in [0.5, 0.6) is 0 Å². The van der Waals surface area contributed by atoms with E-state index in [2.05, 4.69) is 10.3 Å². The molecule has 1 N–H and O–H groups in total. The predicted octanol–water partition coefficient (Wildman–Crippen LogP) is 0.116. The maximum absolute atomic E-state index is 13.1. The molecule has 1 saturated carbocycles. The SMILES string of the molecule is Cn1cnc(S(=O)(=O)N2CCCOCCNC(=O)C3CCCC32)c1. The smallest absolute Gasteiger partial charge is 0.262 e. The highest BCUT2D eigenvalue weighted by atomic mass is 32.2. The summed E-state index contributed by atoms with van der Waals surface area (Å²) in [4.78, 5) is 16.4. The Morgan fingerprint density at radius 1 is 1.29 bits per heavy atom. The third-order valence-corrected chi connectivity index (χ3v) is 6.46. The molecule has 24 heavy (non-hydrogen) atoms. The number of amides is 1. The maximum atomic E-state index is 13.1. The molecule has 1 aliphatic heterocycles. The fourth-order valence-corrected chi connectivity index (χ4v) is 5.20. The average molecular weight is 356 g/mol. The topological polar surface area (TPSA) is 93.5 Å². The number of aryl methyl sites for hydroxylation is 1. The lowest BCUT2D eigenvalue weighted by atomic mass is 10.0. The fourth-order valence-electron chi connectivity index (χ4n) is 3.50. The van der Waals surface area contributed by atoms with Crippen molar-refractivity contribution >= 4 is 15.9 Å². The van der Waals surface area contributed by atoms with Crippen LogP contribution in [0.15, 0.2) is 17.6 Å². The van der Waals surface area contributed by atoms with Gasteiger partial charge in [-0.15, -0.1) is 0 Å². The van der Waals surface area contributed by atoms with Crippen molar-refractivity contribution < 1.29 is 17.9 Å². The Morgan fingerprint density at radius 2 is 2.12 bits per heavy atom. The largest absolute Gasteiger partial charge is 0.380 e. The lowest BCUT2D eigenvalue weighted by Crippen LogP contribution is -2.47. The van der Waals surface area contributed by atoms with Crippen molar-refractivity contribution in [3.8, 4) is 0 Å². The molecular formula is C15H24N4O4S. The van der Waals surface area contributed by atoms with Crippen LogP contribution in [0.3, 0.4) is 0 Å². The summed E-state index contributed by atoms with van der Waals surface area (Å²) in [5, 5.41) is 2.90. The van der Waals surface area contributed by atoms with Crippen LogP contribution in [-0.4, -0.2) is 60.5 Å². The van der Waals surface area contributed by atoms with Crippen LogP contribution < -0.4 is 5.32 Å². The zero-order chi connectivity index (χ0) is 17.2. The van der Waals surface area contributed by atoms with Gasteiger partial charge in [-0.05, 0) is 19.3 Å². The van der Waals surface area contributed by atoms with Gasteiger partial charge in [0.2, 0.25) is 5.91 Å². The molecule has 2 fully saturated rings. The van der Waals surface area contributed by atoms with Gasteiger partial charge in [-0.25, -0.2) is 13.4 Å². The summed E-state index contributed by atoms with van der Waals surface area (Å²) in [6.07, 6.45) is 5.84. The second-order valence-electron chi connectivity index (χ2n) is 6.35. The quantitative estimate of drug-likeness (QED) is 0.812. The monoisotopic (exact) mass is 356 g/mol. The number of sulfonamides is 1. The molecule has 2 heterocycles. The molecular weight excluding hydrogens is 332 g/mol. The molecule has 2 aliphatic rings. The fraction of sp³-hybridized carbons (Fsp3) is 0.733. The Hall–Kier alpha value is -1.45. The molecule has 1 amide bonds. The first-order chi connectivity index (χ1) is 11.5. The van der Waals surface area contributed by atoms with Crippen LogP contribution >= 0.6 is 0 Å². The van der Waals surface area contributed by atoms with Crippen LogP contribution in [0.25, 0.3) is 0 Å². The molecule has 1 aromatic rings. The summed E-state index contributed by atoms with van der Waals surface area (Å²) in [5.41, 5.74) is 0. The van der Waals surface area contributed by atoms with Crippen LogP contribution in [0.1, 0.15) is 25.7 Å². The molecule has 8 nitrogen and oxygen atoms in total. The van der Waals surface area contributed by atoms with Crippen molar-refractivity contribution in [3.63, 3.8) is 0 Å². The lowest BCUT2D eigenvalue weighted by molar-refractivity contribution is -0.126. The van der Waals surface area contributed by atoms with E-state index in [0.29, 0.717) is 45.6 Å². The molecule has 1 aliphatic carbocycles.